The van der Waals surface area contributed by atoms with Crippen LogP contribution in [-0.2, 0) is 9.53 Å². The second-order valence-electron chi connectivity index (χ2n) is 5.43. The molecule has 0 spiro atoms. The first-order valence-corrected chi connectivity index (χ1v) is 6.88. The van der Waals surface area contributed by atoms with Gasteiger partial charge in [0.25, 0.3) is 0 Å². The van der Waals surface area contributed by atoms with Gasteiger partial charge in [-0.05, 0) is 31.4 Å². The zero-order valence-corrected chi connectivity index (χ0v) is 12.4. The molecule has 0 saturated heterocycles. The van der Waals surface area contributed by atoms with Crippen molar-refractivity contribution in [3.8, 4) is 0 Å². The van der Waals surface area contributed by atoms with Gasteiger partial charge < -0.3 is 9.84 Å². The molecule has 0 heterocycles. The number of azide groups is 1. The number of aliphatic hydroxyl groups excluding tert-OH is 1. The summed E-state index contributed by atoms with van der Waals surface area (Å²) >= 11 is 0. The summed E-state index contributed by atoms with van der Waals surface area (Å²) in [4.78, 5) is 14.9. The van der Waals surface area contributed by atoms with Crippen molar-refractivity contribution >= 4 is 5.97 Å². The zero-order valence-electron chi connectivity index (χ0n) is 12.4. The molecule has 0 aliphatic heterocycles. The third kappa shape index (κ3) is 5.45. The van der Waals surface area contributed by atoms with Gasteiger partial charge in [-0.3, -0.25) is 4.79 Å². The molecular weight excluding hydrogens is 270 g/mol. The third-order valence-corrected chi connectivity index (χ3v) is 3.17. The van der Waals surface area contributed by atoms with E-state index in [2.05, 4.69) is 10.0 Å². The highest BCUT2D eigenvalue weighted by molar-refractivity contribution is 5.76. The number of hydrogen-bond donors (Lipinski definition) is 1. The lowest BCUT2D eigenvalue weighted by Gasteiger charge is -2.26. The van der Waals surface area contributed by atoms with Crippen LogP contribution in [0.5, 0.6) is 0 Å². The molecular formula is C15H21N3O3. The molecule has 6 nitrogen and oxygen atoms in total. The predicted molar refractivity (Wildman–Crippen MR) is 79.4 cm³/mol. The maximum atomic E-state index is 12.1. The number of carbonyl (C=O) groups excluding carboxylic acids is 1. The van der Waals surface area contributed by atoms with Gasteiger partial charge in [0.15, 0.2) is 0 Å². The number of aliphatic hydroxyl groups is 1. The molecule has 1 N–H and O–H groups in total. The van der Waals surface area contributed by atoms with Crippen molar-refractivity contribution in [2.45, 2.75) is 32.7 Å². The SMILES string of the molecule is CC(C)(CC(N=[N+]=[N-])c1ccccc1)C(=O)OCCCO. The molecule has 0 amide bonds. The Morgan fingerprint density at radius 3 is 2.67 bits per heavy atom. The highest BCUT2D eigenvalue weighted by Crippen LogP contribution is 2.33. The van der Waals surface area contributed by atoms with E-state index in [0.29, 0.717) is 12.8 Å². The van der Waals surface area contributed by atoms with E-state index in [4.69, 9.17) is 15.4 Å². The summed E-state index contributed by atoms with van der Waals surface area (Å²) in [5.41, 5.74) is 8.81. The molecule has 0 saturated carbocycles. The molecule has 21 heavy (non-hydrogen) atoms. The van der Waals surface area contributed by atoms with Crippen LogP contribution in [0.4, 0.5) is 0 Å². The Kier molecular flexibility index (Phi) is 6.72. The van der Waals surface area contributed by atoms with E-state index >= 15 is 0 Å². The standard InChI is InChI=1S/C15H21N3O3/c1-15(2,14(20)21-10-6-9-19)11-13(17-18-16)12-7-4-3-5-8-12/h3-5,7-8,13,19H,6,9-11H2,1-2H3. The summed E-state index contributed by atoms with van der Waals surface area (Å²) < 4.78 is 5.13. The quantitative estimate of drug-likeness (QED) is 0.261. The van der Waals surface area contributed by atoms with Gasteiger partial charge in [0.1, 0.15) is 0 Å². The first-order chi connectivity index (χ1) is 10.0. The first-order valence-electron chi connectivity index (χ1n) is 6.88. The lowest BCUT2D eigenvalue weighted by Crippen LogP contribution is -2.29. The molecule has 114 valence electrons. The van der Waals surface area contributed by atoms with Crippen LogP contribution in [0.25, 0.3) is 10.4 Å². The van der Waals surface area contributed by atoms with Crippen molar-refractivity contribution in [3.63, 3.8) is 0 Å². The molecule has 0 aliphatic carbocycles. The summed E-state index contributed by atoms with van der Waals surface area (Å²) in [6, 6.07) is 8.92. The summed E-state index contributed by atoms with van der Waals surface area (Å²) in [5.74, 6) is -0.356. The number of carbonyl (C=O) groups is 1. The molecule has 0 bridgehead atoms. The summed E-state index contributed by atoms with van der Waals surface area (Å²) in [6.07, 6.45) is 0.777. The maximum Gasteiger partial charge on any atom is 0.311 e. The molecule has 0 radical (unpaired) electrons. The summed E-state index contributed by atoms with van der Waals surface area (Å²) in [7, 11) is 0. The molecule has 1 unspecified atom stereocenters. The highest BCUT2D eigenvalue weighted by Gasteiger charge is 2.32. The van der Waals surface area contributed by atoms with Gasteiger partial charge in [-0.25, -0.2) is 0 Å². The normalized spacial score (nSPS) is 12.3. The van der Waals surface area contributed by atoms with Crippen LogP contribution in [0.1, 0.15) is 38.3 Å². The number of benzene rings is 1. The minimum absolute atomic E-state index is 0.0148. The fraction of sp³-hybridized carbons (Fsp3) is 0.533. The number of ether oxygens (including phenoxy) is 1. The zero-order chi connectivity index (χ0) is 15.7. The van der Waals surface area contributed by atoms with E-state index in [0.717, 1.165) is 5.56 Å². The lowest BCUT2D eigenvalue weighted by molar-refractivity contribution is -0.154. The van der Waals surface area contributed by atoms with Crippen molar-refractivity contribution < 1.29 is 14.6 Å². The van der Waals surface area contributed by atoms with E-state index in [1.54, 1.807) is 13.8 Å². The number of esters is 1. The second kappa shape index (κ2) is 8.29. The highest BCUT2D eigenvalue weighted by atomic mass is 16.5. The molecule has 6 heteroatoms. The lowest BCUT2D eigenvalue weighted by atomic mass is 9.84. The van der Waals surface area contributed by atoms with E-state index in [1.165, 1.54) is 0 Å². The van der Waals surface area contributed by atoms with Crippen LogP contribution in [0.15, 0.2) is 35.4 Å². The Bertz CT molecular complexity index is 496. The Morgan fingerprint density at radius 2 is 2.10 bits per heavy atom. The van der Waals surface area contributed by atoms with E-state index in [1.807, 2.05) is 30.3 Å². The number of rotatable bonds is 8. The maximum absolute atomic E-state index is 12.1. The second-order valence-corrected chi connectivity index (χ2v) is 5.43. The number of nitrogens with zero attached hydrogens (tertiary/aromatic N) is 3. The van der Waals surface area contributed by atoms with Crippen LogP contribution in [-0.4, -0.2) is 24.3 Å². The topological polar surface area (TPSA) is 95.3 Å². The van der Waals surface area contributed by atoms with E-state index in [9.17, 15) is 4.79 Å². The first kappa shape index (κ1) is 17.0. The Morgan fingerprint density at radius 1 is 1.43 bits per heavy atom. The molecule has 0 aromatic heterocycles. The van der Waals surface area contributed by atoms with Crippen molar-refractivity contribution in [3.05, 3.63) is 46.3 Å². The van der Waals surface area contributed by atoms with Gasteiger partial charge in [0.2, 0.25) is 0 Å². The van der Waals surface area contributed by atoms with Gasteiger partial charge in [0.05, 0.1) is 18.1 Å². The average Bonchev–Trinajstić information content (AvgIpc) is 2.47. The van der Waals surface area contributed by atoms with Crippen LogP contribution < -0.4 is 0 Å². The van der Waals surface area contributed by atoms with Gasteiger partial charge in [-0.15, -0.1) is 0 Å². The molecule has 0 aliphatic rings. The van der Waals surface area contributed by atoms with Crippen molar-refractivity contribution in [2.75, 3.05) is 13.2 Å². The molecule has 0 fully saturated rings. The van der Waals surface area contributed by atoms with Crippen LogP contribution in [0.2, 0.25) is 0 Å². The molecule has 1 rings (SSSR count). The summed E-state index contributed by atoms with van der Waals surface area (Å²) in [6.45, 7) is 3.70. The average molecular weight is 291 g/mol. The van der Waals surface area contributed by atoms with Gasteiger partial charge >= 0.3 is 5.97 Å². The van der Waals surface area contributed by atoms with Crippen molar-refractivity contribution in [1.29, 1.82) is 0 Å². The van der Waals surface area contributed by atoms with E-state index in [-0.39, 0.29) is 19.2 Å². The molecule has 1 aromatic rings. The predicted octanol–water partition coefficient (Wildman–Crippen LogP) is 3.38. The van der Waals surface area contributed by atoms with Gasteiger partial charge in [-0.1, -0.05) is 35.4 Å². The van der Waals surface area contributed by atoms with Crippen LogP contribution in [0.3, 0.4) is 0 Å². The molecule has 1 aromatic carbocycles. The minimum Gasteiger partial charge on any atom is -0.465 e. The monoisotopic (exact) mass is 291 g/mol. The van der Waals surface area contributed by atoms with Crippen LogP contribution in [0, 0.1) is 5.41 Å². The third-order valence-electron chi connectivity index (χ3n) is 3.17. The minimum atomic E-state index is -0.774. The van der Waals surface area contributed by atoms with E-state index < -0.39 is 11.5 Å². The Hall–Kier alpha value is -2.04. The van der Waals surface area contributed by atoms with Crippen LogP contribution >= 0.6 is 0 Å². The molecule has 1 atom stereocenters. The fourth-order valence-electron chi connectivity index (χ4n) is 1.95. The number of hydrogen-bond acceptors (Lipinski definition) is 4. The van der Waals surface area contributed by atoms with Crippen molar-refractivity contribution in [2.24, 2.45) is 10.5 Å². The van der Waals surface area contributed by atoms with Gasteiger partial charge in [-0.2, -0.15) is 0 Å². The Balaban J connectivity index is 2.77. The van der Waals surface area contributed by atoms with Crippen molar-refractivity contribution in [1.82, 2.24) is 0 Å². The summed E-state index contributed by atoms with van der Waals surface area (Å²) in [5, 5.41) is 12.5. The smallest absolute Gasteiger partial charge is 0.311 e. The fourth-order valence-corrected chi connectivity index (χ4v) is 1.95. The Labute approximate surface area is 124 Å². The van der Waals surface area contributed by atoms with Gasteiger partial charge in [0, 0.05) is 17.9 Å². The largest absolute Gasteiger partial charge is 0.465 e.